The summed E-state index contributed by atoms with van der Waals surface area (Å²) in [6.45, 7) is 0. The van der Waals surface area contributed by atoms with E-state index in [1.54, 1.807) is 0 Å². The fourth-order valence-electron chi connectivity index (χ4n) is 7.44. The zero-order chi connectivity index (χ0) is 33.7. The van der Waals surface area contributed by atoms with Crippen LogP contribution in [0.15, 0.2) is 197 Å². The van der Waals surface area contributed by atoms with E-state index in [1.807, 2.05) is 24.3 Å². The smallest absolute Gasteiger partial charge is 0.159 e. The van der Waals surface area contributed by atoms with E-state index >= 15 is 0 Å². The van der Waals surface area contributed by atoms with Gasteiger partial charge in [0.1, 0.15) is 16.7 Å². The number of benzene rings is 8. The van der Waals surface area contributed by atoms with Gasteiger partial charge in [-0.05, 0) is 76.3 Å². The second-order valence-electron chi connectivity index (χ2n) is 12.9. The van der Waals surface area contributed by atoms with Crippen LogP contribution in [-0.4, -0.2) is 0 Å². The molecule has 0 radical (unpaired) electrons. The van der Waals surface area contributed by atoms with E-state index in [1.165, 1.54) is 5.56 Å². The van der Waals surface area contributed by atoms with E-state index < -0.39 is 0 Å². The summed E-state index contributed by atoms with van der Waals surface area (Å²) in [7, 11) is 0. The van der Waals surface area contributed by atoms with Crippen molar-refractivity contribution in [3.63, 3.8) is 0 Å². The fourth-order valence-corrected chi connectivity index (χ4v) is 7.44. The third-order valence-electron chi connectivity index (χ3n) is 9.86. The van der Waals surface area contributed by atoms with E-state index in [0.717, 1.165) is 88.8 Å². The Balaban J connectivity index is 1.24. The highest BCUT2D eigenvalue weighted by atomic mass is 16.3. The predicted octanol–water partition coefficient (Wildman–Crippen LogP) is 14.0. The summed E-state index contributed by atoms with van der Waals surface area (Å²) in [5.41, 5.74) is 13.2. The Kier molecular flexibility index (Phi) is 6.81. The minimum Gasteiger partial charge on any atom is -0.455 e. The topological polar surface area (TPSA) is 29.5 Å². The van der Waals surface area contributed by atoms with Crippen molar-refractivity contribution in [1.82, 2.24) is 0 Å². The molecular formula is C48H31NO2. The molecule has 2 heterocycles. The Bertz CT molecular complexity index is 2850. The van der Waals surface area contributed by atoms with Crippen molar-refractivity contribution in [1.29, 1.82) is 0 Å². The van der Waals surface area contributed by atoms with E-state index in [4.69, 9.17) is 8.83 Å². The Morgan fingerprint density at radius 3 is 1.51 bits per heavy atom. The van der Waals surface area contributed by atoms with E-state index in [2.05, 4.69) is 169 Å². The first-order valence-corrected chi connectivity index (χ1v) is 17.3. The average Bonchev–Trinajstić information content (AvgIpc) is 3.78. The highest BCUT2D eigenvalue weighted by molar-refractivity contribution is 6.11. The Labute approximate surface area is 295 Å². The number of fused-ring (bicyclic) bond motifs is 6. The van der Waals surface area contributed by atoms with Gasteiger partial charge in [0.05, 0.1) is 5.69 Å². The molecule has 10 aromatic rings. The average molecular weight is 654 g/mol. The van der Waals surface area contributed by atoms with Gasteiger partial charge in [-0.2, -0.15) is 0 Å². The largest absolute Gasteiger partial charge is 0.455 e. The standard InChI is InChI=1S/C48H31NO2/c1-3-13-32(14-4-1)34-25-27-37(28-26-34)49(44-22-12-21-43-41-18-8-10-24-46(41)51-48(43)44)38-30-35(33-15-5-2-6-16-33)29-36(31-38)39-19-11-20-42-40-17-7-9-23-45(40)50-47(39)42/h1-31H. The van der Waals surface area contributed by atoms with E-state index in [9.17, 15) is 0 Å². The van der Waals surface area contributed by atoms with Crippen LogP contribution in [-0.2, 0) is 0 Å². The van der Waals surface area contributed by atoms with Gasteiger partial charge in [-0.3, -0.25) is 0 Å². The van der Waals surface area contributed by atoms with Crippen LogP contribution in [0.2, 0.25) is 0 Å². The molecule has 10 rings (SSSR count). The lowest BCUT2D eigenvalue weighted by atomic mass is 9.96. The van der Waals surface area contributed by atoms with Gasteiger partial charge in [0.15, 0.2) is 5.58 Å². The molecule has 0 bridgehead atoms. The first-order valence-electron chi connectivity index (χ1n) is 17.3. The van der Waals surface area contributed by atoms with Crippen molar-refractivity contribution in [2.45, 2.75) is 0 Å². The Morgan fingerprint density at radius 1 is 0.314 bits per heavy atom. The molecule has 0 aliphatic carbocycles. The second kappa shape index (κ2) is 11.9. The molecule has 0 amide bonds. The lowest BCUT2D eigenvalue weighted by molar-refractivity contribution is 0.669. The molecule has 3 heteroatoms. The second-order valence-corrected chi connectivity index (χ2v) is 12.9. The number of nitrogens with zero attached hydrogens (tertiary/aromatic N) is 1. The van der Waals surface area contributed by atoms with Crippen LogP contribution in [0.4, 0.5) is 17.1 Å². The van der Waals surface area contributed by atoms with E-state index in [-0.39, 0.29) is 0 Å². The van der Waals surface area contributed by atoms with Gasteiger partial charge < -0.3 is 13.7 Å². The third-order valence-corrected chi connectivity index (χ3v) is 9.86. The number of para-hydroxylation sites is 4. The van der Waals surface area contributed by atoms with Crippen molar-refractivity contribution in [2.75, 3.05) is 4.90 Å². The summed E-state index contributed by atoms with van der Waals surface area (Å²) < 4.78 is 13.2. The molecule has 0 saturated heterocycles. The van der Waals surface area contributed by atoms with Crippen LogP contribution in [0, 0.1) is 0 Å². The molecule has 0 atom stereocenters. The molecule has 240 valence electrons. The molecule has 2 aromatic heterocycles. The summed E-state index contributed by atoms with van der Waals surface area (Å²) in [5, 5.41) is 4.41. The van der Waals surface area contributed by atoms with Gasteiger partial charge in [-0.15, -0.1) is 0 Å². The van der Waals surface area contributed by atoms with Gasteiger partial charge in [0.2, 0.25) is 0 Å². The van der Waals surface area contributed by atoms with Gasteiger partial charge in [-0.1, -0.05) is 140 Å². The van der Waals surface area contributed by atoms with Crippen LogP contribution in [0.3, 0.4) is 0 Å². The maximum atomic E-state index is 6.67. The summed E-state index contributed by atoms with van der Waals surface area (Å²) in [4.78, 5) is 2.33. The molecule has 51 heavy (non-hydrogen) atoms. The van der Waals surface area contributed by atoms with Crippen molar-refractivity contribution in [3.05, 3.63) is 188 Å². The number of hydrogen-bond acceptors (Lipinski definition) is 3. The number of hydrogen-bond donors (Lipinski definition) is 0. The number of anilines is 3. The quantitative estimate of drug-likeness (QED) is 0.179. The van der Waals surface area contributed by atoms with Gasteiger partial charge in [-0.25, -0.2) is 0 Å². The summed E-state index contributed by atoms with van der Waals surface area (Å²) >= 11 is 0. The first kappa shape index (κ1) is 29.1. The molecule has 0 aliphatic heterocycles. The zero-order valence-electron chi connectivity index (χ0n) is 27.7. The Hall–Kier alpha value is -6.84. The van der Waals surface area contributed by atoms with Crippen molar-refractivity contribution >= 4 is 60.9 Å². The molecule has 8 aromatic carbocycles. The SMILES string of the molecule is c1ccc(-c2ccc(N(c3cc(-c4ccccc4)cc(-c4cccc5c4oc4ccccc45)c3)c3cccc4c3oc3ccccc34)cc2)cc1. The lowest BCUT2D eigenvalue weighted by Gasteiger charge is -2.27. The molecule has 0 aliphatic rings. The van der Waals surface area contributed by atoms with E-state index in [0.29, 0.717) is 0 Å². The van der Waals surface area contributed by atoms with Crippen LogP contribution < -0.4 is 4.90 Å². The first-order chi connectivity index (χ1) is 25.3. The summed E-state index contributed by atoms with van der Waals surface area (Å²) in [6.07, 6.45) is 0. The molecule has 0 unspecified atom stereocenters. The maximum absolute atomic E-state index is 6.67. The third kappa shape index (κ3) is 4.98. The normalized spacial score (nSPS) is 11.5. The van der Waals surface area contributed by atoms with Gasteiger partial charge in [0.25, 0.3) is 0 Å². The van der Waals surface area contributed by atoms with Crippen molar-refractivity contribution < 1.29 is 8.83 Å². The van der Waals surface area contributed by atoms with Crippen LogP contribution in [0.5, 0.6) is 0 Å². The Morgan fingerprint density at radius 2 is 0.824 bits per heavy atom. The van der Waals surface area contributed by atoms with Crippen LogP contribution in [0.1, 0.15) is 0 Å². The molecular weight excluding hydrogens is 623 g/mol. The zero-order valence-corrected chi connectivity index (χ0v) is 27.7. The lowest BCUT2D eigenvalue weighted by Crippen LogP contribution is -2.10. The highest BCUT2D eigenvalue weighted by Gasteiger charge is 2.22. The minimum absolute atomic E-state index is 0.844. The van der Waals surface area contributed by atoms with Gasteiger partial charge >= 0.3 is 0 Å². The molecule has 0 fully saturated rings. The number of rotatable bonds is 6. The number of furan rings is 2. The van der Waals surface area contributed by atoms with Crippen molar-refractivity contribution in [3.8, 4) is 33.4 Å². The monoisotopic (exact) mass is 653 g/mol. The van der Waals surface area contributed by atoms with Crippen molar-refractivity contribution in [2.24, 2.45) is 0 Å². The molecule has 0 N–H and O–H groups in total. The summed E-state index contributed by atoms with van der Waals surface area (Å²) in [6, 6.07) is 66.2. The molecule has 0 spiro atoms. The maximum Gasteiger partial charge on any atom is 0.159 e. The predicted molar refractivity (Wildman–Crippen MR) is 212 cm³/mol. The van der Waals surface area contributed by atoms with Crippen LogP contribution >= 0.6 is 0 Å². The highest BCUT2D eigenvalue weighted by Crippen LogP contribution is 2.45. The van der Waals surface area contributed by atoms with Gasteiger partial charge in [0, 0.05) is 38.5 Å². The summed E-state index contributed by atoms with van der Waals surface area (Å²) in [5.74, 6) is 0. The minimum atomic E-state index is 0.844. The molecule has 0 saturated carbocycles. The molecule has 3 nitrogen and oxygen atoms in total. The van der Waals surface area contributed by atoms with Crippen LogP contribution in [0.25, 0.3) is 77.3 Å². The fraction of sp³-hybridized carbons (Fsp3) is 0.